The van der Waals surface area contributed by atoms with Crippen LogP contribution in [0.2, 0.25) is 0 Å². The maximum Gasteiger partial charge on any atom is 0.229 e. The Bertz CT molecular complexity index is 627. The van der Waals surface area contributed by atoms with Gasteiger partial charge in [-0.2, -0.15) is 4.98 Å². The molecule has 2 fully saturated rings. The molecule has 21 heavy (non-hydrogen) atoms. The van der Waals surface area contributed by atoms with E-state index in [1.165, 1.54) is 44.2 Å². The average Bonchev–Trinajstić information content (AvgIpc) is 3.06. The summed E-state index contributed by atoms with van der Waals surface area (Å²) in [5, 5.41) is 4.08. The van der Waals surface area contributed by atoms with Gasteiger partial charge in [-0.3, -0.25) is 0 Å². The highest BCUT2D eigenvalue weighted by Gasteiger charge is 2.36. The highest BCUT2D eigenvalue weighted by molar-refractivity contribution is 5.19. The quantitative estimate of drug-likeness (QED) is 0.853. The monoisotopic (exact) mass is 286 g/mol. The molecule has 2 unspecified atom stereocenters. The second kappa shape index (κ2) is 5.24. The molecule has 2 bridgehead atoms. The van der Waals surface area contributed by atoms with Crippen LogP contribution >= 0.6 is 0 Å². The van der Waals surface area contributed by atoms with Crippen molar-refractivity contribution in [3.63, 3.8) is 0 Å². The van der Waals surface area contributed by atoms with E-state index in [1.54, 1.807) is 6.07 Å². The van der Waals surface area contributed by atoms with E-state index in [1.807, 2.05) is 6.07 Å². The summed E-state index contributed by atoms with van der Waals surface area (Å²) in [4.78, 5) is 4.56. The number of fused-ring (bicyclic) bond motifs is 2. The van der Waals surface area contributed by atoms with E-state index in [0.29, 0.717) is 18.2 Å². The molecule has 1 aromatic carbocycles. The molecule has 0 saturated heterocycles. The standard InChI is InChI=1S/C17H19FN2O/c18-15-3-1-2-11(9-15)10-16-19-17(21-20-16)14-7-12-4-5-13(6-12)8-14/h1-3,9,12-14H,4-8,10H2. The fourth-order valence-electron chi connectivity index (χ4n) is 4.04. The summed E-state index contributed by atoms with van der Waals surface area (Å²) in [6, 6.07) is 6.57. The first kappa shape index (κ1) is 13.0. The summed E-state index contributed by atoms with van der Waals surface area (Å²) in [7, 11) is 0. The molecule has 3 nitrogen and oxygen atoms in total. The zero-order chi connectivity index (χ0) is 14.2. The topological polar surface area (TPSA) is 38.9 Å². The van der Waals surface area contributed by atoms with Crippen LogP contribution in [-0.2, 0) is 6.42 Å². The Kier molecular flexibility index (Phi) is 3.24. The second-order valence-corrected chi connectivity index (χ2v) is 6.57. The van der Waals surface area contributed by atoms with Crippen molar-refractivity contribution < 1.29 is 8.91 Å². The van der Waals surface area contributed by atoms with Crippen LogP contribution in [0.15, 0.2) is 28.8 Å². The number of halogens is 1. The number of aromatic nitrogens is 2. The number of benzene rings is 1. The summed E-state index contributed by atoms with van der Waals surface area (Å²) in [6.07, 6.45) is 7.04. The average molecular weight is 286 g/mol. The van der Waals surface area contributed by atoms with Crippen LogP contribution in [0, 0.1) is 17.7 Å². The Balaban J connectivity index is 1.48. The van der Waals surface area contributed by atoms with E-state index >= 15 is 0 Å². The molecule has 2 aliphatic rings. The van der Waals surface area contributed by atoms with E-state index < -0.39 is 0 Å². The Morgan fingerprint density at radius 2 is 1.95 bits per heavy atom. The molecule has 2 saturated carbocycles. The first-order chi connectivity index (χ1) is 10.3. The molecule has 2 atom stereocenters. The molecule has 0 N–H and O–H groups in total. The van der Waals surface area contributed by atoms with Gasteiger partial charge < -0.3 is 4.52 Å². The van der Waals surface area contributed by atoms with Crippen LogP contribution in [-0.4, -0.2) is 10.1 Å². The van der Waals surface area contributed by atoms with E-state index in [0.717, 1.165) is 23.3 Å². The lowest BCUT2D eigenvalue weighted by Crippen LogP contribution is -2.14. The van der Waals surface area contributed by atoms with Gasteiger partial charge in [0.05, 0.1) is 0 Å². The second-order valence-electron chi connectivity index (χ2n) is 6.57. The summed E-state index contributed by atoms with van der Waals surface area (Å²) >= 11 is 0. The van der Waals surface area contributed by atoms with Crippen molar-refractivity contribution in [2.45, 2.75) is 44.4 Å². The Labute approximate surface area is 123 Å². The molecular weight excluding hydrogens is 267 g/mol. The zero-order valence-corrected chi connectivity index (χ0v) is 12.0. The van der Waals surface area contributed by atoms with E-state index in [9.17, 15) is 4.39 Å². The van der Waals surface area contributed by atoms with E-state index in [4.69, 9.17) is 4.52 Å². The van der Waals surface area contributed by atoms with Gasteiger partial charge in [0, 0.05) is 12.3 Å². The fraction of sp³-hybridized carbons (Fsp3) is 0.529. The SMILES string of the molecule is Fc1cccc(Cc2noc(C3CC4CCC(C4)C3)n2)c1. The third-order valence-electron chi connectivity index (χ3n) is 4.97. The number of nitrogens with zero attached hydrogens (tertiary/aromatic N) is 2. The lowest BCUT2D eigenvalue weighted by atomic mass is 9.81. The van der Waals surface area contributed by atoms with Gasteiger partial charge in [-0.15, -0.1) is 0 Å². The molecule has 0 spiro atoms. The van der Waals surface area contributed by atoms with E-state index in [-0.39, 0.29) is 5.82 Å². The molecule has 2 aliphatic carbocycles. The van der Waals surface area contributed by atoms with Crippen LogP contribution in [0.1, 0.15) is 55.3 Å². The van der Waals surface area contributed by atoms with Crippen molar-refractivity contribution >= 4 is 0 Å². The Morgan fingerprint density at radius 3 is 2.71 bits per heavy atom. The Hall–Kier alpha value is -1.71. The molecule has 1 aromatic heterocycles. The van der Waals surface area contributed by atoms with Crippen molar-refractivity contribution in [1.29, 1.82) is 0 Å². The molecule has 0 aliphatic heterocycles. The molecule has 0 amide bonds. The van der Waals surface area contributed by atoms with Crippen LogP contribution in [0.4, 0.5) is 4.39 Å². The maximum absolute atomic E-state index is 13.2. The molecule has 4 rings (SSSR count). The largest absolute Gasteiger partial charge is 0.339 e. The van der Waals surface area contributed by atoms with Gasteiger partial charge in [0.2, 0.25) is 5.89 Å². The van der Waals surface area contributed by atoms with E-state index in [2.05, 4.69) is 10.1 Å². The van der Waals surface area contributed by atoms with Gasteiger partial charge in [0.1, 0.15) is 5.82 Å². The molecule has 2 aromatic rings. The fourth-order valence-corrected chi connectivity index (χ4v) is 4.04. The smallest absolute Gasteiger partial charge is 0.229 e. The predicted octanol–water partition coefficient (Wildman–Crippen LogP) is 4.09. The van der Waals surface area contributed by atoms with Gasteiger partial charge >= 0.3 is 0 Å². The van der Waals surface area contributed by atoms with Crippen molar-refractivity contribution in [1.82, 2.24) is 10.1 Å². The first-order valence-corrected chi connectivity index (χ1v) is 7.83. The zero-order valence-electron chi connectivity index (χ0n) is 12.0. The molecule has 1 heterocycles. The number of hydrogen-bond acceptors (Lipinski definition) is 3. The third-order valence-corrected chi connectivity index (χ3v) is 4.97. The summed E-state index contributed by atoms with van der Waals surface area (Å²) in [5.41, 5.74) is 0.881. The minimum absolute atomic E-state index is 0.222. The van der Waals surface area contributed by atoms with Gasteiger partial charge in [0.25, 0.3) is 0 Å². The lowest BCUT2D eigenvalue weighted by Gasteiger charge is -2.24. The number of hydrogen-bond donors (Lipinski definition) is 0. The minimum Gasteiger partial charge on any atom is -0.339 e. The highest BCUT2D eigenvalue weighted by Crippen LogP contribution is 2.47. The summed E-state index contributed by atoms with van der Waals surface area (Å²) < 4.78 is 18.7. The molecule has 0 radical (unpaired) electrons. The van der Waals surface area contributed by atoms with Crippen molar-refractivity contribution in [3.8, 4) is 0 Å². The van der Waals surface area contributed by atoms with Gasteiger partial charge in [-0.1, -0.05) is 30.1 Å². The lowest BCUT2D eigenvalue weighted by molar-refractivity contribution is 0.261. The highest BCUT2D eigenvalue weighted by atomic mass is 19.1. The van der Waals surface area contributed by atoms with Crippen molar-refractivity contribution in [2.24, 2.45) is 11.8 Å². The first-order valence-electron chi connectivity index (χ1n) is 7.83. The summed E-state index contributed by atoms with van der Waals surface area (Å²) in [5.74, 6) is 3.37. The van der Waals surface area contributed by atoms with Crippen LogP contribution < -0.4 is 0 Å². The third kappa shape index (κ3) is 2.71. The van der Waals surface area contributed by atoms with Crippen molar-refractivity contribution in [3.05, 3.63) is 47.4 Å². The van der Waals surface area contributed by atoms with Crippen LogP contribution in [0.3, 0.4) is 0 Å². The van der Waals surface area contributed by atoms with Gasteiger partial charge in [0.15, 0.2) is 5.82 Å². The van der Waals surface area contributed by atoms with Crippen LogP contribution in [0.5, 0.6) is 0 Å². The normalized spacial score (nSPS) is 28.0. The molecule has 4 heteroatoms. The summed E-state index contributed by atoms with van der Waals surface area (Å²) in [6.45, 7) is 0. The maximum atomic E-state index is 13.2. The van der Waals surface area contributed by atoms with Gasteiger partial charge in [-0.25, -0.2) is 4.39 Å². The Morgan fingerprint density at radius 1 is 1.14 bits per heavy atom. The molecular formula is C17H19FN2O. The predicted molar refractivity (Wildman–Crippen MR) is 76.3 cm³/mol. The van der Waals surface area contributed by atoms with Gasteiger partial charge in [-0.05, 0) is 48.8 Å². The van der Waals surface area contributed by atoms with Crippen LogP contribution in [0.25, 0.3) is 0 Å². The minimum atomic E-state index is -0.222. The van der Waals surface area contributed by atoms with Crippen molar-refractivity contribution in [2.75, 3.05) is 0 Å². The number of rotatable bonds is 3. The molecule has 110 valence electrons.